The van der Waals surface area contributed by atoms with Gasteiger partial charge in [0.1, 0.15) is 0 Å². The molecule has 1 aliphatic rings. The highest BCUT2D eigenvalue weighted by molar-refractivity contribution is 4.78. The fraction of sp³-hybridized carbons (Fsp3) is 1.00. The highest BCUT2D eigenvalue weighted by Crippen LogP contribution is 2.29. The minimum Gasteiger partial charge on any atom is -0.314 e. The van der Waals surface area contributed by atoms with E-state index in [1.807, 2.05) is 0 Å². The van der Waals surface area contributed by atoms with Crippen LogP contribution in [0.2, 0.25) is 0 Å². The van der Waals surface area contributed by atoms with Crippen molar-refractivity contribution in [3.8, 4) is 0 Å². The van der Waals surface area contributed by atoms with Crippen LogP contribution in [0.1, 0.15) is 52.4 Å². The molecule has 0 unspecified atom stereocenters. The van der Waals surface area contributed by atoms with E-state index in [1.165, 1.54) is 51.6 Å². The second kappa shape index (κ2) is 8.10. The fourth-order valence-electron chi connectivity index (χ4n) is 2.85. The second-order valence-corrected chi connectivity index (χ2v) is 6.32. The maximum atomic E-state index is 3.74. The molecule has 0 aromatic carbocycles. The van der Waals surface area contributed by atoms with Gasteiger partial charge in [-0.1, -0.05) is 13.8 Å². The third kappa shape index (κ3) is 6.42. The zero-order valence-electron chi connectivity index (χ0n) is 12.3. The molecule has 0 aromatic rings. The predicted molar refractivity (Wildman–Crippen MR) is 76.4 cm³/mol. The number of hydrogen-bond donors (Lipinski definition) is 1. The average molecular weight is 240 g/mol. The first-order chi connectivity index (χ1) is 8.09. The first-order valence-corrected chi connectivity index (χ1v) is 7.47. The standard InChI is InChI=1S/C15H32N2/c1-13(2)14-7-9-15(10-8-14)16-11-5-6-12-17(3)4/h13-16H,5-12H2,1-4H3. The van der Waals surface area contributed by atoms with Crippen LogP contribution in [-0.2, 0) is 0 Å². The summed E-state index contributed by atoms with van der Waals surface area (Å²) in [5, 5.41) is 3.74. The SMILES string of the molecule is CC(C)C1CCC(NCCCCN(C)C)CC1. The van der Waals surface area contributed by atoms with E-state index in [0.29, 0.717) is 0 Å². The monoisotopic (exact) mass is 240 g/mol. The maximum Gasteiger partial charge on any atom is 0.00672 e. The highest BCUT2D eigenvalue weighted by Gasteiger charge is 2.22. The van der Waals surface area contributed by atoms with Crippen LogP contribution < -0.4 is 5.32 Å². The lowest BCUT2D eigenvalue weighted by atomic mass is 9.80. The molecule has 102 valence electrons. The largest absolute Gasteiger partial charge is 0.314 e. The van der Waals surface area contributed by atoms with Gasteiger partial charge >= 0.3 is 0 Å². The Morgan fingerprint density at radius 1 is 1.06 bits per heavy atom. The molecular weight excluding hydrogens is 208 g/mol. The molecule has 0 amide bonds. The Bertz CT molecular complexity index is 181. The Morgan fingerprint density at radius 3 is 2.24 bits per heavy atom. The number of hydrogen-bond acceptors (Lipinski definition) is 2. The van der Waals surface area contributed by atoms with Crippen LogP contribution in [0.25, 0.3) is 0 Å². The molecule has 2 heteroatoms. The van der Waals surface area contributed by atoms with E-state index in [2.05, 4.69) is 38.2 Å². The van der Waals surface area contributed by atoms with Crippen molar-refractivity contribution < 1.29 is 0 Å². The van der Waals surface area contributed by atoms with Gasteiger partial charge < -0.3 is 10.2 Å². The van der Waals surface area contributed by atoms with Crippen molar-refractivity contribution in [2.75, 3.05) is 27.2 Å². The van der Waals surface area contributed by atoms with Crippen molar-refractivity contribution in [3.63, 3.8) is 0 Å². The lowest BCUT2D eigenvalue weighted by molar-refractivity contribution is 0.238. The summed E-state index contributed by atoms with van der Waals surface area (Å²) < 4.78 is 0. The van der Waals surface area contributed by atoms with Crippen molar-refractivity contribution in [2.24, 2.45) is 11.8 Å². The van der Waals surface area contributed by atoms with E-state index in [1.54, 1.807) is 0 Å². The van der Waals surface area contributed by atoms with Crippen molar-refractivity contribution in [1.29, 1.82) is 0 Å². The van der Waals surface area contributed by atoms with E-state index in [-0.39, 0.29) is 0 Å². The maximum absolute atomic E-state index is 3.74. The van der Waals surface area contributed by atoms with Crippen molar-refractivity contribution in [2.45, 2.75) is 58.4 Å². The van der Waals surface area contributed by atoms with Crippen molar-refractivity contribution in [1.82, 2.24) is 10.2 Å². The third-order valence-corrected chi connectivity index (χ3v) is 4.18. The smallest absolute Gasteiger partial charge is 0.00672 e. The minimum atomic E-state index is 0.810. The summed E-state index contributed by atoms with van der Waals surface area (Å²) in [7, 11) is 4.31. The van der Waals surface area contributed by atoms with Gasteiger partial charge in [-0.3, -0.25) is 0 Å². The molecule has 1 rings (SSSR count). The molecule has 0 aromatic heterocycles. The molecule has 2 nitrogen and oxygen atoms in total. The summed E-state index contributed by atoms with van der Waals surface area (Å²) in [5.74, 6) is 1.87. The first-order valence-electron chi connectivity index (χ1n) is 7.47. The molecule has 0 radical (unpaired) electrons. The Morgan fingerprint density at radius 2 is 1.71 bits per heavy atom. The average Bonchev–Trinajstić information content (AvgIpc) is 2.29. The zero-order valence-corrected chi connectivity index (χ0v) is 12.3. The van der Waals surface area contributed by atoms with Gasteiger partial charge in [0.05, 0.1) is 0 Å². The minimum absolute atomic E-state index is 0.810. The quantitative estimate of drug-likeness (QED) is 0.688. The second-order valence-electron chi connectivity index (χ2n) is 6.32. The summed E-state index contributed by atoms with van der Waals surface area (Å²) in [4.78, 5) is 2.27. The van der Waals surface area contributed by atoms with E-state index in [9.17, 15) is 0 Å². The molecule has 1 saturated carbocycles. The Labute approximate surface area is 108 Å². The molecule has 1 fully saturated rings. The van der Waals surface area contributed by atoms with Crippen LogP contribution in [-0.4, -0.2) is 38.1 Å². The predicted octanol–water partition coefficient (Wildman–Crippen LogP) is 3.13. The van der Waals surface area contributed by atoms with Crippen molar-refractivity contribution in [3.05, 3.63) is 0 Å². The summed E-state index contributed by atoms with van der Waals surface area (Å²) in [6, 6.07) is 0.810. The third-order valence-electron chi connectivity index (χ3n) is 4.18. The molecule has 0 heterocycles. The molecule has 0 saturated heterocycles. The normalized spacial score (nSPS) is 25.8. The lowest BCUT2D eigenvalue weighted by Crippen LogP contribution is -2.34. The van der Waals surface area contributed by atoms with E-state index in [4.69, 9.17) is 0 Å². The Kier molecular flexibility index (Phi) is 7.14. The molecule has 1 N–H and O–H groups in total. The molecule has 1 aliphatic carbocycles. The van der Waals surface area contributed by atoms with Gasteiger partial charge in [-0.2, -0.15) is 0 Å². The topological polar surface area (TPSA) is 15.3 Å². The van der Waals surface area contributed by atoms with E-state index >= 15 is 0 Å². The lowest BCUT2D eigenvalue weighted by Gasteiger charge is -2.31. The van der Waals surface area contributed by atoms with Gasteiger partial charge in [-0.05, 0) is 77.5 Å². The fourth-order valence-corrected chi connectivity index (χ4v) is 2.85. The van der Waals surface area contributed by atoms with Crippen LogP contribution in [0.5, 0.6) is 0 Å². The van der Waals surface area contributed by atoms with Gasteiger partial charge in [-0.15, -0.1) is 0 Å². The number of nitrogens with one attached hydrogen (secondary N) is 1. The van der Waals surface area contributed by atoms with Gasteiger partial charge in [-0.25, -0.2) is 0 Å². The number of rotatable bonds is 7. The van der Waals surface area contributed by atoms with Crippen molar-refractivity contribution >= 4 is 0 Å². The summed E-state index contributed by atoms with van der Waals surface area (Å²) in [5.41, 5.74) is 0. The number of unbranched alkanes of at least 4 members (excludes halogenated alkanes) is 1. The zero-order chi connectivity index (χ0) is 12.7. The highest BCUT2D eigenvalue weighted by atomic mass is 15.0. The van der Waals surface area contributed by atoms with E-state index < -0.39 is 0 Å². The molecule has 0 bridgehead atoms. The van der Waals surface area contributed by atoms with Crippen LogP contribution >= 0.6 is 0 Å². The van der Waals surface area contributed by atoms with Crippen LogP contribution in [0, 0.1) is 11.8 Å². The molecule has 0 atom stereocenters. The van der Waals surface area contributed by atoms with Gasteiger partial charge in [0.25, 0.3) is 0 Å². The molecule has 0 aliphatic heterocycles. The van der Waals surface area contributed by atoms with Gasteiger partial charge in [0.2, 0.25) is 0 Å². The molecule has 0 spiro atoms. The Hall–Kier alpha value is -0.0800. The Balaban J connectivity index is 1.99. The van der Waals surface area contributed by atoms with Crippen LogP contribution in [0.15, 0.2) is 0 Å². The van der Waals surface area contributed by atoms with Crippen LogP contribution in [0.3, 0.4) is 0 Å². The summed E-state index contributed by atoms with van der Waals surface area (Å²) >= 11 is 0. The van der Waals surface area contributed by atoms with Gasteiger partial charge in [0, 0.05) is 6.04 Å². The summed E-state index contributed by atoms with van der Waals surface area (Å²) in [6.07, 6.45) is 8.32. The number of nitrogens with zero attached hydrogens (tertiary/aromatic N) is 1. The molecular formula is C15H32N2. The van der Waals surface area contributed by atoms with Gasteiger partial charge in [0.15, 0.2) is 0 Å². The molecule has 17 heavy (non-hydrogen) atoms. The van der Waals surface area contributed by atoms with E-state index in [0.717, 1.165) is 17.9 Å². The van der Waals surface area contributed by atoms with Crippen LogP contribution in [0.4, 0.5) is 0 Å². The first kappa shape index (κ1) is 15.0. The summed E-state index contributed by atoms with van der Waals surface area (Å²) in [6.45, 7) is 7.19.